The van der Waals surface area contributed by atoms with E-state index in [9.17, 15) is 0 Å². The van der Waals surface area contributed by atoms with E-state index < -0.39 is 0 Å². The fourth-order valence-electron chi connectivity index (χ4n) is 7.47. The molecule has 0 bridgehead atoms. The van der Waals surface area contributed by atoms with Gasteiger partial charge in [-0.05, 0) is 81.7 Å². The Morgan fingerprint density at radius 1 is 0.857 bits per heavy atom. The van der Waals surface area contributed by atoms with Gasteiger partial charge < -0.3 is 0 Å². The van der Waals surface area contributed by atoms with Crippen molar-refractivity contribution >= 4 is 29.4 Å². The van der Waals surface area contributed by atoms with E-state index in [2.05, 4.69) is 95.0 Å². The quantitative estimate of drug-likeness (QED) is 0.209. The van der Waals surface area contributed by atoms with Crippen LogP contribution in [0, 0.1) is 17.8 Å². The number of benzene rings is 3. The van der Waals surface area contributed by atoms with E-state index in [-0.39, 0.29) is 0 Å². The van der Waals surface area contributed by atoms with Crippen LogP contribution in [0.15, 0.2) is 176 Å². The SMILES string of the molecule is C=C(C1=CCC2C(=C1)SC1=C2[C@@H]2CC2C=C1)/C(=C1/C=CC=N/C1=N/C)c1ccc(-c2cc(-c3ccccc3)nc(-c3ccccc3)n2)cc1. The van der Waals surface area contributed by atoms with Crippen molar-refractivity contribution in [3.05, 3.63) is 172 Å². The number of allylic oxidation sites excluding steroid dienone is 10. The molecular formula is C44H34N4S. The Morgan fingerprint density at radius 3 is 2.31 bits per heavy atom. The van der Waals surface area contributed by atoms with Crippen LogP contribution in [0.4, 0.5) is 0 Å². The third-order valence-corrected chi connectivity index (χ3v) is 11.3. The molecule has 0 amide bonds. The van der Waals surface area contributed by atoms with Crippen LogP contribution >= 0.6 is 11.8 Å². The van der Waals surface area contributed by atoms with E-state index >= 15 is 0 Å². The molecule has 2 unspecified atom stereocenters. The summed E-state index contributed by atoms with van der Waals surface area (Å²) in [7, 11) is 1.80. The molecule has 9 rings (SSSR count). The number of hydrogen-bond donors (Lipinski definition) is 0. The van der Waals surface area contributed by atoms with Crippen molar-refractivity contribution < 1.29 is 0 Å². The number of rotatable bonds is 6. The minimum absolute atomic E-state index is 0.522. The lowest BCUT2D eigenvalue weighted by atomic mass is 9.81. The first kappa shape index (κ1) is 29.7. The molecule has 4 aromatic rings. The molecule has 0 radical (unpaired) electrons. The molecule has 0 saturated heterocycles. The van der Waals surface area contributed by atoms with Gasteiger partial charge in [0.05, 0.1) is 11.4 Å². The van der Waals surface area contributed by atoms with E-state index in [0.717, 1.165) is 68.6 Å². The molecule has 0 N–H and O–H groups in total. The maximum Gasteiger partial charge on any atom is 0.160 e. The van der Waals surface area contributed by atoms with Crippen molar-refractivity contribution in [3.8, 4) is 33.9 Å². The van der Waals surface area contributed by atoms with Crippen LogP contribution in [0.1, 0.15) is 18.4 Å². The van der Waals surface area contributed by atoms with E-state index in [0.29, 0.717) is 17.6 Å². The highest BCUT2D eigenvalue weighted by Crippen LogP contribution is 2.62. The monoisotopic (exact) mass is 650 g/mol. The average molecular weight is 651 g/mol. The van der Waals surface area contributed by atoms with Gasteiger partial charge >= 0.3 is 0 Å². The van der Waals surface area contributed by atoms with E-state index in [1.165, 1.54) is 21.8 Å². The Morgan fingerprint density at radius 2 is 1.57 bits per heavy atom. The number of fused-ring (bicyclic) bond motifs is 4. The van der Waals surface area contributed by atoms with Crippen molar-refractivity contribution in [1.82, 2.24) is 9.97 Å². The number of amidine groups is 1. The minimum atomic E-state index is 0.522. The highest BCUT2D eigenvalue weighted by molar-refractivity contribution is 8.07. The summed E-state index contributed by atoms with van der Waals surface area (Å²) in [6, 6.07) is 31.2. The fourth-order valence-corrected chi connectivity index (χ4v) is 8.84. The summed E-state index contributed by atoms with van der Waals surface area (Å²) in [5.41, 5.74) is 11.8. The molecular weight excluding hydrogens is 617 g/mol. The third-order valence-electron chi connectivity index (χ3n) is 10.1. The maximum absolute atomic E-state index is 5.05. The average Bonchev–Trinajstić information content (AvgIpc) is 3.87. The van der Waals surface area contributed by atoms with Crippen LogP contribution in [0.25, 0.3) is 39.5 Å². The van der Waals surface area contributed by atoms with Gasteiger partial charge in [-0.2, -0.15) is 0 Å². The Hall–Kier alpha value is -5.39. The third kappa shape index (κ3) is 5.44. The molecule has 2 aliphatic heterocycles. The molecule has 1 saturated carbocycles. The van der Waals surface area contributed by atoms with Crippen LogP contribution < -0.4 is 0 Å². The van der Waals surface area contributed by atoms with Crippen molar-refractivity contribution in [3.63, 3.8) is 0 Å². The van der Waals surface area contributed by atoms with Gasteiger partial charge in [0, 0.05) is 46.3 Å². The van der Waals surface area contributed by atoms with E-state index in [1.54, 1.807) is 18.8 Å². The van der Waals surface area contributed by atoms with Crippen LogP contribution in [-0.2, 0) is 0 Å². The second kappa shape index (κ2) is 12.2. The van der Waals surface area contributed by atoms with Gasteiger partial charge in [0.1, 0.15) is 0 Å². The lowest BCUT2D eigenvalue weighted by Gasteiger charge is -2.24. The highest BCUT2D eigenvalue weighted by atomic mass is 32.2. The first-order valence-corrected chi connectivity index (χ1v) is 17.7. The molecule has 3 aromatic carbocycles. The predicted molar refractivity (Wildman–Crippen MR) is 205 cm³/mol. The van der Waals surface area contributed by atoms with Crippen molar-refractivity contribution in [2.75, 3.05) is 7.05 Å². The van der Waals surface area contributed by atoms with Crippen molar-refractivity contribution in [2.45, 2.75) is 12.8 Å². The summed E-state index contributed by atoms with van der Waals surface area (Å²) in [4.78, 5) is 22.1. The van der Waals surface area contributed by atoms with Crippen LogP contribution in [-0.4, -0.2) is 29.1 Å². The summed E-state index contributed by atoms with van der Waals surface area (Å²) in [5.74, 6) is 3.45. The maximum atomic E-state index is 5.05. The van der Waals surface area contributed by atoms with E-state index in [4.69, 9.17) is 16.5 Å². The van der Waals surface area contributed by atoms with Gasteiger partial charge in [0.15, 0.2) is 11.7 Å². The smallest absolute Gasteiger partial charge is 0.160 e. The Balaban J connectivity index is 1.09. The summed E-state index contributed by atoms with van der Waals surface area (Å²) >= 11 is 1.96. The number of dihydropyridines is 1. The lowest BCUT2D eigenvalue weighted by Crippen LogP contribution is -2.11. The normalized spacial score (nSPS) is 23.4. The summed E-state index contributed by atoms with van der Waals surface area (Å²) in [6.45, 7) is 4.73. The number of hydrogen-bond acceptors (Lipinski definition) is 4. The summed E-state index contributed by atoms with van der Waals surface area (Å²) in [6.07, 6.45) is 17.8. The minimum Gasteiger partial charge on any atom is -0.270 e. The zero-order chi connectivity index (χ0) is 32.9. The molecule has 3 heterocycles. The lowest BCUT2D eigenvalue weighted by molar-refractivity contribution is 0.684. The largest absolute Gasteiger partial charge is 0.270 e. The standard InChI is InChI=1S/C44H34N4S/c1-27(32-19-21-34-40(25-32)49-39-22-20-33-24-36(33)42(34)39)41(35-14-9-23-46-44(35)45-2)30-17-15-29(16-18-30)38-26-37(28-10-5-3-6-11-28)47-43(48-38)31-12-7-4-8-13-31/h3-20,22-23,25-26,33-34,36H,1,21,24H2,2H3/b41-35+,45-44+/t33?,34?,36-/m1/s1. The molecule has 5 heteroatoms. The first-order chi connectivity index (χ1) is 24.1. The Kier molecular flexibility index (Phi) is 7.43. The molecule has 1 fully saturated rings. The molecule has 49 heavy (non-hydrogen) atoms. The van der Waals surface area contributed by atoms with Gasteiger partial charge in [-0.3, -0.25) is 4.99 Å². The van der Waals surface area contributed by atoms with Gasteiger partial charge in [-0.15, -0.1) is 0 Å². The molecule has 1 aromatic heterocycles. The summed E-state index contributed by atoms with van der Waals surface area (Å²) in [5, 5.41) is 0. The second-order valence-electron chi connectivity index (χ2n) is 13.0. The number of nitrogens with zero attached hydrogens (tertiary/aromatic N) is 4. The molecule has 5 aliphatic rings. The Bertz CT molecular complexity index is 2210. The number of thioether (sulfide) groups is 1. The predicted octanol–water partition coefficient (Wildman–Crippen LogP) is 10.5. The zero-order valence-electron chi connectivity index (χ0n) is 27.3. The molecule has 3 aliphatic carbocycles. The fraction of sp³-hybridized carbons (Fsp3) is 0.136. The van der Waals surface area contributed by atoms with Gasteiger partial charge in [-0.1, -0.05) is 121 Å². The van der Waals surface area contributed by atoms with Crippen LogP contribution in [0.3, 0.4) is 0 Å². The topological polar surface area (TPSA) is 50.5 Å². The van der Waals surface area contributed by atoms with Crippen molar-refractivity contribution in [1.29, 1.82) is 0 Å². The van der Waals surface area contributed by atoms with Gasteiger partial charge in [0.2, 0.25) is 0 Å². The number of aliphatic imine (C=N–C) groups is 2. The molecule has 4 nitrogen and oxygen atoms in total. The zero-order valence-corrected chi connectivity index (χ0v) is 28.1. The van der Waals surface area contributed by atoms with E-state index in [1.807, 2.05) is 54.2 Å². The summed E-state index contributed by atoms with van der Waals surface area (Å²) < 4.78 is 0. The molecule has 0 spiro atoms. The first-order valence-electron chi connectivity index (χ1n) is 16.9. The Labute approximate surface area is 291 Å². The van der Waals surface area contributed by atoms with Gasteiger partial charge in [0.25, 0.3) is 0 Å². The highest BCUT2D eigenvalue weighted by Gasteiger charge is 2.47. The second-order valence-corrected chi connectivity index (χ2v) is 14.1. The number of aromatic nitrogens is 2. The van der Waals surface area contributed by atoms with Crippen LogP contribution in [0.2, 0.25) is 0 Å². The molecule has 236 valence electrons. The van der Waals surface area contributed by atoms with Crippen molar-refractivity contribution in [2.24, 2.45) is 27.7 Å². The van der Waals surface area contributed by atoms with Crippen LogP contribution in [0.5, 0.6) is 0 Å². The molecule has 3 atom stereocenters. The van der Waals surface area contributed by atoms with Gasteiger partial charge in [-0.25, -0.2) is 15.0 Å².